The number of aromatic nitrogens is 1. The number of thiazole rings is 1. The molecule has 2 aromatic rings. The number of hydrogen-bond donors (Lipinski definition) is 0. The number of ether oxygens (including phenoxy) is 1. The Bertz CT molecular complexity index is 515. The van der Waals surface area contributed by atoms with Crippen molar-refractivity contribution in [1.82, 2.24) is 9.88 Å². The quantitative estimate of drug-likeness (QED) is 0.818. The maximum atomic E-state index is 5.91. The topological polar surface area (TPSA) is 25.4 Å². The number of aryl methyl sites for hydroxylation is 1. The second-order valence-corrected chi connectivity index (χ2v) is 6.51. The van der Waals surface area contributed by atoms with Gasteiger partial charge in [0.25, 0.3) is 0 Å². The lowest BCUT2D eigenvalue weighted by atomic mass is 10.1. The highest BCUT2D eigenvalue weighted by Gasteiger charge is 2.20. The van der Waals surface area contributed by atoms with Crippen LogP contribution in [-0.2, 0) is 17.7 Å². The van der Waals surface area contributed by atoms with Gasteiger partial charge in [-0.2, -0.15) is 0 Å². The maximum Gasteiger partial charge on any atom is 0.107 e. The van der Waals surface area contributed by atoms with Crippen LogP contribution in [0.2, 0.25) is 0 Å². The van der Waals surface area contributed by atoms with Crippen LogP contribution in [0.5, 0.6) is 0 Å². The third-order valence-electron chi connectivity index (χ3n) is 3.90. The highest BCUT2D eigenvalue weighted by molar-refractivity contribution is 7.09. The van der Waals surface area contributed by atoms with Crippen LogP contribution in [0.4, 0.5) is 0 Å². The van der Waals surface area contributed by atoms with E-state index in [0.29, 0.717) is 6.10 Å². The van der Waals surface area contributed by atoms with E-state index in [9.17, 15) is 0 Å². The molecule has 112 valence electrons. The Morgan fingerprint density at radius 3 is 3.00 bits per heavy atom. The molecule has 1 unspecified atom stereocenters. The van der Waals surface area contributed by atoms with Gasteiger partial charge in [0.05, 0.1) is 19.3 Å². The molecule has 1 aromatic heterocycles. The summed E-state index contributed by atoms with van der Waals surface area (Å²) in [7, 11) is 0. The van der Waals surface area contributed by atoms with E-state index in [-0.39, 0.29) is 0 Å². The molecule has 0 saturated carbocycles. The minimum atomic E-state index is 0.377. The van der Waals surface area contributed by atoms with Crippen molar-refractivity contribution in [3.05, 3.63) is 52.5 Å². The average molecular weight is 302 g/mol. The molecule has 1 atom stereocenters. The molecule has 0 spiro atoms. The van der Waals surface area contributed by atoms with Crippen LogP contribution >= 0.6 is 11.3 Å². The van der Waals surface area contributed by atoms with Crippen molar-refractivity contribution in [2.75, 3.05) is 19.7 Å². The Kier molecular flexibility index (Phi) is 5.38. The first-order chi connectivity index (χ1) is 10.4. The van der Waals surface area contributed by atoms with Crippen molar-refractivity contribution in [3.63, 3.8) is 0 Å². The van der Waals surface area contributed by atoms with Gasteiger partial charge in [0.15, 0.2) is 0 Å². The molecule has 1 aliphatic rings. The van der Waals surface area contributed by atoms with Gasteiger partial charge in [-0.25, -0.2) is 4.98 Å². The third kappa shape index (κ3) is 4.63. The Labute approximate surface area is 130 Å². The van der Waals surface area contributed by atoms with Gasteiger partial charge in [0.1, 0.15) is 5.01 Å². The Morgan fingerprint density at radius 1 is 1.29 bits per heavy atom. The summed E-state index contributed by atoms with van der Waals surface area (Å²) < 4.78 is 5.91. The summed E-state index contributed by atoms with van der Waals surface area (Å²) in [5, 5.41) is 3.26. The lowest BCUT2D eigenvalue weighted by molar-refractivity contribution is -0.0355. The number of morpholine rings is 1. The molecule has 1 aromatic carbocycles. The van der Waals surface area contributed by atoms with Crippen molar-refractivity contribution in [2.24, 2.45) is 0 Å². The van der Waals surface area contributed by atoms with Crippen molar-refractivity contribution >= 4 is 11.3 Å². The fraction of sp³-hybridized carbons (Fsp3) is 0.471. The van der Waals surface area contributed by atoms with Gasteiger partial charge in [-0.15, -0.1) is 11.3 Å². The summed E-state index contributed by atoms with van der Waals surface area (Å²) >= 11 is 1.74. The fourth-order valence-electron chi connectivity index (χ4n) is 2.80. The van der Waals surface area contributed by atoms with Crippen molar-refractivity contribution in [2.45, 2.75) is 31.9 Å². The van der Waals surface area contributed by atoms with E-state index in [0.717, 1.165) is 39.1 Å². The van der Waals surface area contributed by atoms with Crippen LogP contribution in [-0.4, -0.2) is 35.7 Å². The first-order valence-electron chi connectivity index (χ1n) is 7.66. The van der Waals surface area contributed by atoms with Gasteiger partial charge in [0, 0.05) is 24.7 Å². The van der Waals surface area contributed by atoms with Crippen LogP contribution in [0.1, 0.15) is 23.4 Å². The van der Waals surface area contributed by atoms with Crippen LogP contribution in [0.15, 0.2) is 41.9 Å². The minimum Gasteiger partial charge on any atom is -0.376 e. The van der Waals surface area contributed by atoms with Crippen LogP contribution in [0.3, 0.4) is 0 Å². The average Bonchev–Trinajstić information content (AvgIpc) is 3.02. The maximum absolute atomic E-state index is 5.91. The van der Waals surface area contributed by atoms with Crippen LogP contribution in [0, 0.1) is 0 Å². The third-order valence-corrected chi connectivity index (χ3v) is 4.66. The molecular formula is C17H22N2OS. The lowest BCUT2D eigenvalue weighted by Gasteiger charge is -2.32. The van der Waals surface area contributed by atoms with Gasteiger partial charge in [0.2, 0.25) is 0 Å². The molecule has 2 heterocycles. The molecule has 0 aliphatic carbocycles. The van der Waals surface area contributed by atoms with E-state index in [1.807, 2.05) is 11.6 Å². The summed E-state index contributed by atoms with van der Waals surface area (Å²) in [6.45, 7) is 3.88. The van der Waals surface area contributed by atoms with E-state index in [2.05, 4.69) is 40.2 Å². The fourth-order valence-corrected chi connectivity index (χ4v) is 3.46. The zero-order valence-electron chi connectivity index (χ0n) is 12.3. The van der Waals surface area contributed by atoms with E-state index < -0.39 is 0 Å². The van der Waals surface area contributed by atoms with Gasteiger partial charge in [-0.05, 0) is 24.8 Å². The Hall–Kier alpha value is -1.23. The number of rotatable bonds is 6. The van der Waals surface area contributed by atoms with E-state index >= 15 is 0 Å². The summed E-state index contributed by atoms with van der Waals surface area (Å²) in [6, 6.07) is 10.7. The zero-order chi connectivity index (χ0) is 14.3. The summed E-state index contributed by atoms with van der Waals surface area (Å²) in [6.07, 6.45) is 5.75. The second-order valence-electron chi connectivity index (χ2n) is 5.53. The van der Waals surface area contributed by atoms with Gasteiger partial charge in [-0.3, -0.25) is 4.90 Å². The predicted molar refractivity (Wildman–Crippen MR) is 86.5 cm³/mol. The molecule has 1 aliphatic heterocycles. The van der Waals surface area contributed by atoms with Crippen molar-refractivity contribution in [1.29, 1.82) is 0 Å². The summed E-state index contributed by atoms with van der Waals surface area (Å²) in [5.41, 5.74) is 1.42. The molecule has 4 heteroatoms. The van der Waals surface area contributed by atoms with Crippen molar-refractivity contribution in [3.8, 4) is 0 Å². The molecule has 21 heavy (non-hydrogen) atoms. The highest BCUT2D eigenvalue weighted by Crippen LogP contribution is 2.16. The molecule has 3 nitrogen and oxygen atoms in total. The predicted octanol–water partition coefficient (Wildman–Crippen LogP) is 3.37. The zero-order valence-corrected chi connectivity index (χ0v) is 13.1. The molecule has 0 amide bonds. The largest absolute Gasteiger partial charge is 0.376 e. The van der Waals surface area contributed by atoms with Gasteiger partial charge >= 0.3 is 0 Å². The molecule has 3 rings (SSSR count). The van der Waals surface area contributed by atoms with E-state index in [1.165, 1.54) is 17.0 Å². The standard InChI is InChI=1S/C17H22N2OS/c1-2-5-15(6-3-1)7-4-8-16-13-19(10-11-20-16)14-17-18-9-12-21-17/h1-3,5-6,9,12,16H,4,7-8,10-11,13-14H2. The normalized spacial score (nSPS) is 19.7. The highest BCUT2D eigenvalue weighted by atomic mass is 32.1. The Balaban J connectivity index is 1.41. The second kappa shape index (κ2) is 7.69. The van der Waals surface area contributed by atoms with Crippen molar-refractivity contribution < 1.29 is 4.74 Å². The Morgan fingerprint density at radius 2 is 2.19 bits per heavy atom. The lowest BCUT2D eigenvalue weighted by Crippen LogP contribution is -2.41. The SMILES string of the molecule is c1ccc(CCCC2CN(Cc3nccs3)CCO2)cc1. The van der Waals surface area contributed by atoms with Gasteiger partial charge in [-0.1, -0.05) is 30.3 Å². The summed E-state index contributed by atoms with van der Waals surface area (Å²) in [5.74, 6) is 0. The van der Waals surface area contributed by atoms with E-state index in [4.69, 9.17) is 4.74 Å². The molecule has 0 radical (unpaired) electrons. The first kappa shape index (κ1) is 14.7. The number of nitrogens with zero attached hydrogens (tertiary/aromatic N) is 2. The molecule has 0 bridgehead atoms. The van der Waals surface area contributed by atoms with Crippen LogP contribution in [0.25, 0.3) is 0 Å². The summed E-state index contributed by atoms with van der Waals surface area (Å²) in [4.78, 5) is 6.84. The first-order valence-corrected chi connectivity index (χ1v) is 8.54. The van der Waals surface area contributed by atoms with Crippen LogP contribution < -0.4 is 0 Å². The number of benzene rings is 1. The molecular weight excluding hydrogens is 280 g/mol. The smallest absolute Gasteiger partial charge is 0.107 e. The van der Waals surface area contributed by atoms with E-state index in [1.54, 1.807) is 11.3 Å². The minimum absolute atomic E-state index is 0.377. The molecule has 0 N–H and O–H groups in total. The molecule has 1 saturated heterocycles. The van der Waals surface area contributed by atoms with Gasteiger partial charge < -0.3 is 4.74 Å². The molecule has 1 fully saturated rings. The number of hydrogen-bond acceptors (Lipinski definition) is 4. The monoisotopic (exact) mass is 302 g/mol.